The number of aliphatic hydroxyl groups is 1. The molecule has 0 saturated heterocycles. The van der Waals surface area contributed by atoms with Crippen LogP contribution < -0.4 is 4.90 Å². The van der Waals surface area contributed by atoms with Gasteiger partial charge in [-0.3, -0.25) is 0 Å². The average Bonchev–Trinajstić information content (AvgIpc) is 2.38. The van der Waals surface area contributed by atoms with Crippen LogP contribution in [0.3, 0.4) is 0 Å². The number of hydrogen-bond acceptors (Lipinski definition) is 2. The summed E-state index contributed by atoms with van der Waals surface area (Å²) < 4.78 is 13.2. The van der Waals surface area contributed by atoms with E-state index in [0.717, 1.165) is 11.3 Å². The van der Waals surface area contributed by atoms with Crippen LogP contribution in [0.15, 0.2) is 42.5 Å². The maximum atomic E-state index is 13.2. The van der Waals surface area contributed by atoms with Crippen molar-refractivity contribution in [1.82, 2.24) is 0 Å². The van der Waals surface area contributed by atoms with Crippen molar-refractivity contribution in [2.75, 3.05) is 11.9 Å². The van der Waals surface area contributed by atoms with Crippen molar-refractivity contribution >= 4 is 17.3 Å². The Morgan fingerprint density at radius 2 is 2.00 bits per heavy atom. The molecule has 0 aliphatic heterocycles. The van der Waals surface area contributed by atoms with Gasteiger partial charge in [0.05, 0.1) is 6.10 Å². The molecular weight excluding hydrogens is 277 g/mol. The van der Waals surface area contributed by atoms with Crippen LogP contribution in [0.1, 0.15) is 24.2 Å². The predicted molar refractivity (Wildman–Crippen MR) is 80.6 cm³/mol. The molecule has 2 nitrogen and oxygen atoms in total. The number of anilines is 1. The van der Waals surface area contributed by atoms with Crippen molar-refractivity contribution in [1.29, 1.82) is 0 Å². The number of aliphatic hydroxyl groups excluding tert-OH is 1. The summed E-state index contributed by atoms with van der Waals surface area (Å²) in [5.41, 5.74) is 2.52. The molecule has 2 aromatic carbocycles. The summed E-state index contributed by atoms with van der Waals surface area (Å²) in [7, 11) is 1.92. The second-order valence-corrected chi connectivity index (χ2v) is 5.27. The number of hydrogen-bond donors (Lipinski definition) is 1. The Labute approximate surface area is 123 Å². The first-order valence-corrected chi connectivity index (χ1v) is 6.78. The molecule has 2 rings (SSSR count). The summed E-state index contributed by atoms with van der Waals surface area (Å²) in [5.74, 6) is -0.238. The summed E-state index contributed by atoms with van der Waals surface area (Å²) in [6.45, 7) is 2.26. The van der Waals surface area contributed by atoms with Crippen LogP contribution in [0.2, 0.25) is 5.02 Å². The molecule has 20 heavy (non-hydrogen) atoms. The van der Waals surface area contributed by atoms with Crippen LogP contribution in [-0.2, 0) is 6.54 Å². The molecule has 2 aromatic rings. The van der Waals surface area contributed by atoms with Gasteiger partial charge in [0.25, 0.3) is 0 Å². The zero-order valence-corrected chi connectivity index (χ0v) is 12.2. The lowest BCUT2D eigenvalue weighted by molar-refractivity contribution is 0.199. The van der Waals surface area contributed by atoms with Crippen molar-refractivity contribution in [3.05, 3.63) is 64.4 Å². The van der Waals surface area contributed by atoms with Gasteiger partial charge in [-0.2, -0.15) is 0 Å². The minimum Gasteiger partial charge on any atom is -0.389 e. The standard InChI is InChI=1S/C16H17ClFNO/c1-11(20)15-7-6-14(9-16(15)17)19(2)10-12-4-3-5-13(18)8-12/h3-9,11,20H,10H2,1-2H3. The first kappa shape index (κ1) is 14.8. The van der Waals surface area contributed by atoms with E-state index < -0.39 is 6.10 Å². The van der Waals surface area contributed by atoms with Crippen molar-refractivity contribution in [3.8, 4) is 0 Å². The van der Waals surface area contributed by atoms with Gasteiger partial charge in [-0.05, 0) is 42.3 Å². The summed E-state index contributed by atoms with van der Waals surface area (Å²) in [5, 5.41) is 10.1. The van der Waals surface area contributed by atoms with E-state index in [-0.39, 0.29) is 5.82 Å². The Morgan fingerprint density at radius 1 is 1.25 bits per heavy atom. The number of halogens is 2. The van der Waals surface area contributed by atoms with Gasteiger partial charge in [-0.15, -0.1) is 0 Å². The van der Waals surface area contributed by atoms with Gasteiger partial charge in [0, 0.05) is 24.3 Å². The number of rotatable bonds is 4. The third-order valence-electron chi connectivity index (χ3n) is 3.18. The fourth-order valence-corrected chi connectivity index (χ4v) is 2.43. The Kier molecular flexibility index (Phi) is 4.63. The maximum absolute atomic E-state index is 13.2. The highest BCUT2D eigenvalue weighted by Gasteiger charge is 2.09. The van der Waals surface area contributed by atoms with E-state index in [2.05, 4.69) is 0 Å². The van der Waals surface area contributed by atoms with Gasteiger partial charge in [0.2, 0.25) is 0 Å². The van der Waals surface area contributed by atoms with Crippen LogP contribution in [0.25, 0.3) is 0 Å². The van der Waals surface area contributed by atoms with E-state index in [1.165, 1.54) is 12.1 Å². The van der Waals surface area contributed by atoms with E-state index in [4.69, 9.17) is 11.6 Å². The molecule has 0 aromatic heterocycles. The summed E-state index contributed by atoms with van der Waals surface area (Å²) >= 11 is 6.15. The third kappa shape index (κ3) is 3.50. The Bertz CT molecular complexity index is 601. The van der Waals surface area contributed by atoms with E-state index in [1.807, 2.05) is 36.2 Å². The van der Waals surface area contributed by atoms with Crippen molar-refractivity contribution < 1.29 is 9.50 Å². The third-order valence-corrected chi connectivity index (χ3v) is 3.51. The normalized spacial score (nSPS) is 12.2. The quantitative estimate of drug-likeness (QED) is 0.914. The molecule has 0 aliphatic rings. The van der Waals surface area contributed by atoms with E-state index >= 15 is 0 Å². The van der Waals surface area contributed by atoms with Crippen LogP contribution in [0.5, 0.6) is 0 Å². The summed E-state index contributed by atoms with van der Waals surface area (Å²) in [4.78, 5) is 1.98. The van der Waals surface area contributed by atoms with Crippen LogP contribution in [0, 0.1) is 5.82 Å². The van der Waals surface area contributed by atoms with Gasteiger partial charge >= 0.3 is 0 Å². The zero-order chi connectivity index (χ0) is 14.7. The number of nitrogens with zero attached hydrogens (tertiary/aromatic N) is 1. The molecule has 4 heteroatoms. The molecule has 0 saturated carbocycles. The highest BCUT2D eigenvalue weighted by atomic mass is 35.5. The van der Waals surface area contributed by atoms with Gasteiger partial charge < -0.3 is 10.0 Å². The lowest BCUT2D eigenvalue weighted by atomic mass is 10.1. The van der Waals surface area contributed by atoms with Gasteiger partial charge in [-0.25, -0.2) is 4.39 Å². The molecule has 106 valence electrons. The predicted octanol–water partition coefficient (Wildman–Crippen LogP) is 4.17. The van der Waals surface area contributed by atoms with Crippen molar-refractivity contribution in [2.45, 2.75) is 19.6 Å². The fraction of sp³-hybridized carbons (Fsp3) is 0.250. The summed E-state index contributed by atoms with van der Waals surface area (Å²) in [6.07, 6.45) is -0.593. The molecule has 0 fully saturated rings. The topological polar surface area (TPSA) is 23.5 Å². The highest BCUT2D eigenvalue weighted by Crippen LogP contribution is 2.28. The van der Waals surface area contributed by atoms with Gasteiger partial charge in [0.15, 0.2) is 0 Å². The lowest BCUT2D eigenvalue weighted by Gasteiger charge is -2.21. The van der Waals surface area contributed by atoms with Gasteiger partial charge in [0.1, 0.15) is 5.82 Å². The van der Waals surface area contributed by atoms with Crippen molar-refractivity contribution in [3.63, 3.8) is 0 Å². The largest absolute Gasteiger partial charge is 0.389 e. The van der Waals surface area contributed by atoms with E-state index in [9.17, 15) is 9.50 Å². The highest BCUT2D eigenvalue weighted by molar-refractivity contribution is 6.31. The Hall–Kier alpha value is -1.58. The molecule has 1 unspecified atom stereocenters. The molecule has 0 aliphatic carbocycles. The second-order valence-electron chi connectivity index (χ2n) is 4.87. The smallest absolute Gasteiger partial charge is 0.123 e. The van der Waals surface area contributed by atoms with Crippen LogP contribution in [-0.4, -0.2) is 12.2 Å². The molecule has 0 bridgehead atoms. The van der Waals surface area contributed by atoms with Crippen LogP contribution in [0.4, 0.5) is 10.1 Å². The monoisotopic (exact) mass is 293 g/mol. The Morgan fingerprint density at radius 3 is 2.60 bits per heavy atom. The molecular formula is C16H17ClFNO. The van der Waals surface area contributed by atoms with Gasteiger partial charge in [-0.1, -0.05) is 29.8 Å². The Balaban J connectivity index is 2.17. The molecule has 0 spiro atoms. The SMILES string of the molecule is CC(O)c1ccc(N(C)Cc2cccc(F)c2)cc1Cl. The first-order chi connectivity index (χ1) is 9.47. The fourth-order valence-electron chi connectivity index (χ4n) is 2.09. The molecule has 0 amide bonds. The minimum atomic E-state index is -0.593. The zero-order valence-electron chi connectivity index (χ0n) is 11.5. The molecule has 1 atom stereocenters. The van der Waals surface area contributed by atoms with E-state index in [1.54, 1.807) is 13.0 Å². The van der Waals surface area contributed by atoms with Crippen molar-refractivity contribution in [2.24, 2.45) is 0 Å². The summed E-state index contributed by atoms with van der Waals surface area (Å²) in [6, 6.07) is 12.0. The maximum Gasteiger partial charge on any atom is 0.123 e. The first-order valence-electron chi connectivity index (χ1n) is 6.40. The van der Waals surface area contributed by atoms with Crippen LogP contribution >= 0.6 is 11.6 Å². The minimum absolute atomic E-state index is 0.238. The molecule has 0 heterocycles. The lowest BCUT2D eigenvalue weighted by Crippen LogP contribution is -2.16. The average molecular weight is 294 g/mol. The number of benzene rings is 2. The second kappa shape index (κ2) is 6.25. The molecule has 0 radical (unpaired) electrons. The van der Waals surface area contributed by atoms with E-state index in [0.29, 0.717) is 17.1 Å². The molecule has 1 N–H and O–H groups in total.